The second-order valence-corrected chi connectivity index (χ2v) is 5.32. The molecule has 0 spiro atoms. The van der Waals surface area contributed by atoms with Gasteiger partial charge in [-0.15, -0.1) is 0 Å². The molecule has 1 aromatic carbocycles. The van der Waals surface area contributed by atoms with Gasteiger partial charge in [0.05, 0.1) is 13.0 Å². The normalized spacial score (nSPS) is 12.5. The number of rotatable bonds is 7. The summed E-state index contributed by atoms with van der Waals surface area (Å²) in [4.78, 5) is 11.8. The van der Waals surface area contributed by atoms with E-state index in [4.69, 9.17) is 4.74 Å². The first-order valence-electron chi connectivity index (χ1n) is 6.94. The van der Waals surface area contributed by atoms with Crippen molar-refractivity contribution in [3.8, 4) is 0 Å². The summed E-state index contributed by atoms with van der Waals surface area (Å²) in [6, 6.07) is 6.49. The number of benzene rings is 1. The highest BCUT2D eigenvalue weighted by Crippen LogP contribution is 2.26. The van der Waals surface area contributed by atoms with E-state index in [1.165, 1.54) is 12.1 Å². The average molecular weight is 266 g/mol. The van der Waals surface area contributed by atoms with E-state index in [0.717, 1.165) is 18.4 Å². The Balaban J connectivity index is 2.65. The van der Waals surface area contributed by atoms with Gasteiger partial charge in [-0.05, 0) is 36.0 Å². The Hall–Kier alpha value is -1.38. The van der Waals surface area contributed by atoms with E-state index in [-0.39, 0.29) is 17.7 Å². The second kappa shape index (κ2) is 7.93. The van der Waals surface area contributed by atoms with Crippen molar-refractivity contribution in [2.45, 2.75) is 46.0 Å². The number of esters is 1. The van der Waals surface area contributed by atoms with Gasteiger partial charge in [0.15, 0.2) is 0 Å². The SMILES string of the molecule is CCCC(CC(=O)OCC(C)C)c1cccc(F)c1. The van der Waals surface area contributed by atoms with E-state index in [9.17, 15) is 9.18 Å². The molecule has 3 heteroatoms. The van der Waals surface area contributed by atoms with Crippen LogP contribution in [-0.4, -0.2) is 12.6 Å². The molecule has 0 bridgehead atoms. The average Bonchev–Trinajstić information content (AvgIpc) is 2.36. The van der Waals surface area contributed by atoms with Gasteiger partial charge < -0.3 is 4.74 Å². The first-order valence-corrected chi connectivity index (χ1v) is 6.94. The van der Waals surface area contributed by atoms with Gasteiger partial charge in [0.2, 0.25) is 0 Å². The Morgan fingerprint density at radius 1 is 1.37 bits per heavy atom. The zero-order valence-corrected chi connectivity index (χ0v) is 12.0. The summed E-state index contributed by atoms with van der Waals surface area (Å²) in [5.74, 6) is -0.0753. The zero-order valence-electron chi connectivity index (χ0n) is 12.0. The van der Waals surface area contributed by atoms with Gasteiger partial charge in [0.25, 0.3) is 0 Å². The summed E-state index contributed by atoms with van der Waals surface area (Å²) in [6.45, 7) is 6.51. The molecule has 0 heterocycles. The molecule has 0 saturated heterocycles. The summed E-state index contributed by atoms with van der Waals surface area (Å²) >= 11 is 0. The lowest BCUT2D eigenvalue weighted by molar-refractivity contribution is -0.145. The maximum atomic E-state index is 13.2. The standard InChI is InChI=1S/C16H23FO2/c1-4-6-13(10-16(18)19-11-12(2)3)14-7-5-8-15(17)9-14/h5,7-9,12-13H,4,6,10-11H2,1-3H3. The Labute approximate surface area is 115 Å². The molecule has 0 saturated carbocycles. The Morgan fingerprint density at radius 2 is 2.11 bits per heavy atom. The van der Waals surface area contributed by atoms with Crippen molar-refractivity contribution >= 4 is 5.97 Å². The Morgan fingerprint density at radius 3 is 2.68 bits per heavy atom. The molecule has 0 fully saturated rings. The van der Waals surface area contributed by atoms with Crippen LogP contribution in [0.4, 0.5) is 4.39 Å². The monoisotopic (exact) mass is 266 g/mol. The third-order valence-electron chi connectivity index (χ3n) is 2.95. The fraction of sp³-hybridized carbons (Fsp3) is 0.562. The van der Waals surface area contributed by atoms with Gasteiger partial charge in [-0.2, -0.15) is 0 Å². The van der Waals surface area contributed by atoms with Gasteiger partial charge in [-0.25, -0.2) is 4.39 Å². The number of carbonyl (C=O) groups excluding carboxylic acids is 1. The molecule has 106 valence electrons. The summed E-state index contributed by atoms with van der Waals surface area (Å²) in [6.07, 6.45) is 2.14. The van der Waals surface area contributed by atoms with Gasteiger partial charge in [-0.3, -0.25) is 4.79 Å². The number of hydrogen-bond acceptors (Lipinski definition) is 2. The van der Waals surface area contributed by atoms with Crippen LogP contribution in [0, 0.1) is 11.7 Å². The summed E-state index contributed by atoms with van der Waals surface area (Å²) < 4.78 is 18.4. The van der Waals surface area contributed by atoms with E-state index in [0.29, 0.717) is 18.9 Å². The molecule has 1 atom stereocenters. The molecule has 0 amide bonds. The van der Waals surface area contributed by atoms with Crippen LogP contribution in [0.15, 0.2) is 24.3 Å². The highest BCUT2D eigenvalue weighted by atomic mass is 19.1. The lowest BCUT2D eigenvalue weighted by Crippen LogP contribution is -2.13. The predicted molar refractivity (Wildman–Crippen MR) is 74.5 cm³/mol. The largest absolute Gasteiger partial charge is 0.465 e. The minimum absolute atomic E-state index is 0.0420. The quantitative estimate of drug-likeness (QED) is 0.688. The lowest BCUT2D eigenvalue weighted by atomic mass is 9.91. The van der Waals surface area contributed by atoms with Crippen LogP contribution >= 0.6 is 0 Å². The molecule has 2 nitrogen and oxygen atoms in total. The van der Waals surface area contributed by atoms with Gasteiger partial charge in [0.1, 0.15) is 5.82 Å². The van der Waals surface area contributed by atoms with Crippen LogP contribution in [0.2, 0.25) is 0 Å². The van der Waals surface area contributed by atoms with Crippen molar-refractivity contribution in [2.75, 3.05) is 6.61 Å². The molecule has 0 N–H and O–H groups in total. The van der Waals surface area contributed by atoms with Crippen molar-refractivity contribution in [1.82, 2.24) is 0 Å². The summed E-state index contributed by atoms with van der Waals surface area (Å²) in [5, 5.41) is 0. The van der Waals surface area contributed by atoms with E-state index >= 15 is 0 Å². The van der Waals surface area contributed by atoms with E-state index < -0.39 is 0 Å². The fourth-order valence-electron chi connectivity index (χ4n) is 2.02. The summed E-state index contributed by atoms with van der Waals surface area (Å²) in [5.41, 5.74) is 0.878. The van der Waals surface area contributed by atoms with Crippen molar-refractivity contribution in [2.24, 2.45) is 5.92 Å². The van der Waals surface area contributed by atoms with Crippen molar-refractivity contribution in [1.29, 1.82) is 0 Å². The Kier molecular flexibility index (Phi) is 6.54. The highest BCUT2D eigenvalue weighted by molar-refractivity contribution is 5.70. The lowest BCUT2D eigenvalue weighted by Gasteiger charge is -2.16. The maximum Gasteiger partial charge on any atom is 0.306 e. The number of hydrogen-bond donors (Lipinski definition) is 0. The minimum Gasteiger partial charge on any atom is -0.465 e. The van der Waals surface area contributed by atoms with Gasteiger partial charge in [-0.1, -0.05) is 39.3 Å². The van der Waals surface area contributed by atoms with Crippen molar-refractivity contribution in [3.05, 3.63) is 35.6 Å². The molecular weight excluding hydrogens is 243 g/mol. The van der Waals surface area contributed by atoms with Crippen LogP contribution in [0.25, 0.3) is 0 Å². The first-order chi connectivity index (χ1) is 9.02. The third-order valence-corrected chi connectivity index (χ3v) is 2.95. The molecule has 1 unspecified atom stereocenters. The molecule has 0 aliphatic carbocycles. The Bertz CT molecular complexity index is 401. The number of halogens is 1. The van der Waals surface area contributed by atoms with Crippen molar-refractivity contribution in [3.63, 3.8) is 0 Å². The van der Waals surface area contributed by atoms with Crippen LogP contribution in [0.1, 0.15) is 51.5 Å². The first kappa shape index (κ1) is 15.7. The fourth-order valence-corrected chi connectivity index (χ4v) is 2.02. The smallest absolute Gasteiger partial charge is 0.306 e. The molecule has 0 radical (unpaired) electrons. The zero-order chi connectivity index (χ0) is 14.3. The van der Waals surface area contributed by atoms with Crippen LogP contribution in [0.3, 0.4) is 0 Å². The van der Waals surface area contributed by atoms with E-state index in [1.807, 2.05) is 19.9 Å². The topological polar surface area (TPSA) is 26.3 Å². The molecule has 1 aromatic rings. The van der Waals surface area contributed by atoms with Crippen LogP contribution in [0.5, 0.6) is 0 Å². The molecule has 1 rings (SSSR count). The number of carbonyl (C=O) groups is 1. The minimum atomic E-state index is -0.255. The molecule has 0 aliphatic heterocycles. The van der Waals surface area contributed by atoms with E-state index in [1.54, 1.807) is 6.07 Å². The van der Waals surface area contributed by atoms with Crippen LogP contribution in [-0.2, 0) is 9.53 Å². The van der Waals surface area contributed by atoms with Gasteiger partial charge >= 0.3 is 5.97 Å². The maximum absolute atomic E-state index is 13.2. The second-order valence-electron chi connectivity index (χ2n) is 5.32. The molecular formula is C16H23FO2. The molecule has 0 aromatic heterocycles. The third kappa shape index (κ3) is 5.86. The van der Waals surface area contributed by atoms with E-state index in [2.05, 4.69) is 6.92 Å². The highest BCUT2D eigenvalue weighted by Gasteiger charge is 2.17. The van der Waals surface area contributed by atoms with Crippen LogP contribution < -0.4 is 0 Å². The van der Waals surface area contributed by atoms with Gasteiger partial charge in [0, 0.05) is 0 Å². The molecule has 19 heavy (non-hydrogen) atoms. The van der Waals surface area contributed by atoms with Crippen molar-refractivity contribution < 1.29 is 13.9 Å². The molecule has 0 aliphatic rings. The predicted octanol–water partition coefficient (Wildman–Crippen LogP) is 4.30. The number of ether oxygens (including phenoxy) is 1. The summed E-state index contributed by atoms with van der Waals surface area (Å²) in [7, 11) is 0.